The highest BCUT2D eigenvalue weighted by Crippen LogP contribution is 2.17. The molecule has 132 valence electrons. The lowest BCUT2D eigenvalue weighted by molar-refractivity contribution is -0.126. The van der Waals surface area contributed by atoms with Crippen LogP contribution >= 0.6 is 0 Å². The first-order valence-corrected chi connectivity index (χ1v) is 8.13. The van der Waals surface area contributed by atoms with Crippen molar-refractivity contribution in [3.05, 3.63) is 29.8 Å². The average Bonchev–Trinajstić information content (AvgIpc) is 2.81. The number of rotatable bonds is 7. The number of alkyl halides is 2. The van der Waals surface area contributed by atoms with Crippen LogP contribution in [-0.4, -0.2) is 31.4 Å². The summed E-state index contributed by atoms with van der Waals surface area (Å²) in [5.41, 5.74) is 0.654. The summed E-state index contributed by atoms with van der Waals surface area (Å²) < 4.78 is 28.3. The normalized spacial score (nSPS) is 16.1. The summed E-state index contributed by atoms with van der Waals surface area (Å²) in [6.45, 7) is -2.99. The molecular formula is C17H22F2N2O3. The molecule has 0 unspecified atom stereocenters. The van der Waals surface area contributed by atoms with E-state index in [4.69, 9.17) is 4.84 Å². The summed E-state index contributed by atoms with van der Waals surface area (Å²) in [4.78, 5) is 16.8. The molecule has 1 amide bonds. The van der Waals surface area contributed by atoms with Gasteiger partial charge in [0.2, 0.25) is 0 Å². The lowest BCUT2D eigenvalue weighted by Crippen LogP contribution is -2.36. The quantitative estimate of drug-likeness (QED) is 0.470. The summed E-state index contributed by atoms with van der Waals surface area (Å²) in [6.07, 6.45) is 8.20. The van der Waals surface area contributed by atoms with Crippen molar-refractivity contribution in [2.75, 3.05) is 6.61 Å². The molecule has 1 saturated carbocycles. The van der Waals surface area contributed by atoms with Gasteiger partial charge in [-0.2, -0.15) is 8.78 Å². The van der Waals surface area contributed by atoms with Gasteiger partial charge >= 0.3 is 6.61 Å². The third-order valence-electron chi connectivity index (χ3n) is 3.80. The molecule has 0 spiro atoms. The maximum absolute atomic E-state index is 12.0. The Hall–Kier alpha value is -2.18. The first-order valence-electron chi connectivity index (χ1n) is 8.13. The maximum atomic E-state index is 12.0. The van der Waals surface area contributed by atoms with Crippen molar-refractivity contribution in [3.8, 4) is 5.75 Å². The van der Waals surface area contributed by atoms with Gasteiger partial charge in [0.1, 0.15) is 5.75 Å². The number of hydrogen-bond donors (Lipinski definition) is 1. The standard InChI is InChI=1S/C17H22F2N2O3/c18-17(19)24-15-9-7-13(8-10-15)11-20-23-12-16(22)21-14-5-3-1-2-4-6-14/h7-11,14,17H,1-6,12H2,(H,21,22)/b20-11+. The van der Waals surface area contributed by atoms with Gasteiger partial charge < -0.3 is 14.9 Å². The minimum Gasteiger partial charge on any atom is -0.435 e. The number of nitrogens with zero attached hydrogens (tertiary/aromatic N) is 1. The number of nitrogens with one attached hydrogen (secondary N) is 1. The molecule has 24 heavy (non-hydrogen) atoms. The van der Waals surface area contributed by atoms with Crippen molar-refractivity contribution >= 4 is 12.1 Å². The molecule has 0 aromatic heterocycles. The van der Waals surface area contributed by atoms with Crippen LogP contribution in [0.2, 0.25) is 0 Å². The van der Waals surface area contributed by atoms with Crippen LogP contribution in [0.5, 0.6) is 5.75 Å². The van der Waals surface area contributed by atoms with Crippen molar-refractivity contribution in [1.82, 2.24) is 5.32 Å². The average molecular weight is 340 g/mol. The number of carbonyl (C=O) groups excluding carboxylic acids is 1. The minimum absolute atomic E-state index is 0.0749. The summed E-state index contributed by atoms with van der Waals surface area (Å²) in [5.74, 6) is -0.106. The van der Waals surface area contributed by atoms with E-state index in [0.29, 0.717) is 5.56 Å². The second kappa shape index (κ2) is 9.85. The van der Waals surface area contributed by atoms with Gasteiger partial charge in [-0.05, 0) is 42.7 Å². The third kappa shape index (κ3) is 6.93. The van der Waals surface area contributed by atoms with Gasteiger partial charge in [-0.3, -0.25) is 4.79 Å². The Morgan fingerprint density at radius 3 is 2.50 bits per heavy atom. The fraction of sp³-hybridized carbons (Fsp3) is 0.529. The van der Waals surface area contributed by atoms with Crippen LogP contribution in [0.1, 0.15) is 44.1 Å². The zero-order valence-electron chi connectivity index (χ0n) is 13.4. The number of hydrogen-bond acceptors (Lipinski definition) is 4. The van der Waals surface area contributed by atoms with E-state index in [1.807, 2.05) is 0 Å². The summed E-state index contributed by atoms with van der Waals surface area (Å²) in [7, 11) is 0. The third-order valence-corrected chi connectivity index (χ3v) is 3.80. The molecule has 2 rings (SSSR count). The Kier molecular flexibility index (Phi) is 7.45. The first-order chi connectivity index (χ1) is 11.6. The second-order valence-electron chi connectivity index (χ2n) is 5.71. The van der Waals surface area contributed by atoms with Crippen LogP contribution < -0.4 is 10.1 Å². The minimum atomic E-state index is -2.85. The van der Waals surface area contributed by atoms with Crippen LogP contribution in [-0.2, 0) is 9.63 Å². The van der Waals surface area contributed by atoms with E-state index in [0.717, 1.165) is 25.7 Å². The number of halogens is 2. The molecule has 1 aromatic rings. The summed E-state index contributed by atoms with van der Waals surface area (Å²) in [5, 5.41) is 6.67. The van der Waals surface area contributed by atoms with Crippen LogP contribution in [0.4, 0.5) is 8.78 Å². The molecule has 1 N–H and O–H groups in total. The predicted octanol–water partition coefficient (Wildman–Crippen LogP) is 3.48. The van der Waals surface area contributed by atoms with Crippen LogP contribution in [0.3, 0.4) is 0 Å². The van der Waals surface area contributed by atoms with Crippen molar-refractivity contribution in [3.63, 3.8) is 0 Å². The Balaban J connectivity index is 1.68. The second-order valence-corrected chi connectivity index (χ2v) is 5.71. The molecular weight excluding hydrogens is 318 g/mol. The van der Waals surface area contributed by atoms with Gasteiger partial charge in [-0.25, -0.2) is 0 Å². The van der Waals surface area contributed by atoms with E-state index in [2.05, 4.69) is 15.2 Å². The van der Waals surface area contributed by atoms with Crippen molar-refractivity contribution in [1.29, 1.82) is 0 Å². The van der Waals surface area contributed by atoms with Gasteiger partial charge in [0.05, 0.1) is 6.21 Å². The van der Waals surface area contributed by atoms with E-state index in [9.17, 15) is 13.6 Å². The van der Waals surface area contributed by atoms with Gasteiger partial charge in [0.25, 0.3) is 5.91 Å². The summed E-state index contributed by atoms with van der Waals surface area (Å²) in [6, 6.07) is 6.18. The highest BCUT2D eigenvalue weighted by atomic mass is 19.3. The van der Waals surface area contributed by atoms with Gasteiger partial charge in [-0.1, -0.05) is 30.8 Å². The molecule has 0 aliphatic heterocycles. The molecule has 7 heteroatoms. The molecule has 0 bridgehead atoms. The number of ether oxygens (including phenoxy) is 1. The molecule has 1 aliphatic carbocycles. The van der Waals surface area contributed by atoms with Crippen molar-refractivity contribution in [2.45, 2.75) is 51.2 Å². The van der Waals surface area contributed by atoms with Crippen LogP contribution in [0.15, 0.2) is 29.4 Å². The van der Waals surface area contributed by atoms with Gasteiger partial charge in [0, 0.05) is 6.04 Å². The molecule has 5 nitrogen and oxygen atoms in total. The van der Waals surface area contributed by atoms with Crippen molar-refractivity contribution < 1.29 is 23.1 Å². The Morgan fingerprint density at radius 1 is 1.21 bits per heavy atom. The maximum Gasteiger partial charge on any atom is 0.387 e. The van der Waals surface area contributed by atoms with Gasteiger partial charge in [0.15, 0.2) is 6.61 Å². The smallest absolute Gasteiger partial charge is 0.387 e. The van der Waals surface area contributed by atoms with Crippen molar-refractivity contribution in [2.24, 2.45) is 5.16 Å². The summed E-state index contributed by atoms with van der Waals surface area (Å²) >= 11 is 0. The highest BCUT2D eigenvalue weighted by Gasteiger charge is 2.14. The van der Waals surface area contributed by atoms with E-state index in [-0.39, 0.29) is 24.3 Å². The van der Waals surface area contributed by atoms with E-state index < -0.39 is 6.61 Å². The molecule has 0 radical (unpaired) electrons. The lowest BCUT2D eigenvalue weighted by Gasteiger charge is -2.15. The highest BCUT2D eigenvalue weighted by molar-refractivity contribution is 5.80. The fourth-order valence-corrected chi connectivity index (χ4v) is 2.62. The van der Waals surface area contributed by atoms with E-state index >= 15 is 0 Å². The zero-order valence-corrected chi connectivity index (χ0v) is 13.4. The number of oxime groups is 1. The molecule has 0 heterocycles. The van der Waals surface area contributed by atoms with Gasteiger partial charge in [-0.15, -0.1) is 0 Å². The van der Waals surface area contributed by atoms with E-state index in [1.165, 1.54) is 31.2 Å². The fourth-order valence-electron chi connectivity index (χ4n) is 2.62. The zero-order chi connectivity index (χ0) is 17.2. The van der Waals surface area contributed by atoms with Crippen LogP contribution in [0.25, 0.3) is 0 Å². The Morgan fingerprint density at radius 2 is 1.88 bits per heavy atom. The molecule has 1 aliphatic rings. The number of amides is 1. The number of carbonyl (C=O) groups is 1. The molecule has 1 aromatic carbocycles. The predicted molar refractivity (Wildman–Crippen MR) is 86.3 cm³/mol. The SMILES string of the molecule is O=C(CO/N=C/c1ccc(OC(F)F)cc1)NC1CCCCCC1. The van der Waals surface area contributed by atoms with E-state index in [1.54, 1.807) is 12.1 Å². The number of benzene rings is 1. The Bertz CT molecular complexity index is 527. The largest absolute Gasteiger partial charge is 0.435 e. The lowest BCUT2D eigenvalue weighted by atomic mass is 10.1. The topological polar surface area (TPSA) is 59.9 Å². The monoisotopic (exact) mass is 340 g/mol. The molecule has 0 atom stereocenters. The first kappa shape index (κ1) is 18.2. The Labute approximate surface area is 140 Å². The molecule has 0 saturated heterocycles. The molecule has 1 fully saturated rings. The van der Waals surface area contributed by atoms with Crippen LogP contribution in [0, 0.1) is 0 Å².